The lowest BCUT2D eigenvalue weighted by atomic mass is 9.88. The molecule has 0 aliphatic rings. The van der Waals surface area contributed by atoms with E-state index in [1.54, 1.807) is 57.0 Å². The van der Waals surface area contributed by atoms with Crippen molar-refractivity contribution < 1.29 is 23.9 Å². The molecule has 8 nitrogen and oxygen atoms in total. The number of aryl methyl sites for hydroxylation is 2. The number of methoxy groups -OCH3 is 1. The molecule has 0 aliphatic heterocycles. The van der Waals surface area contributed by atoms with Crippen LogP contribution in [0, 0.1) is 13.8 Å². The quantitative estimate of drug-likeness (QED) is 0.243. The Kier molecular flexibility index (Phi) is 11.2. The highest BCUT2D eigenvalue weighted by atomic mass is 16.6. The molecule has 0 radical (unpaired) electrons. The Morgan fingerprint density at radius 1 is 0.841 bits per heavy atom. The van der Waals surface area contributed by atoms with Crippen LogP contribution in [0.25, 0.3) is 0 Å². The minimum absolute atomic E-state index is 0.217. The first kappa shape index (κ1) is 34.2. The highest BCUT2D eigenvalue weighted by molar-refractivity contribution is 5.99. The van der Waals surface area contributed by atoms with Gasteiger partial charge < -0.3 is 25.0 Å². The molecule has 0 spiro atoms. The predicted octanol–water partition coefficient (Wildman–Crippen LogP) is 7.15. The van der Waals surface area contributed by atoms with E-state index in [1.807, 2.05) is 83.1 Å². The van der Waals surface area contributed by atoms with Crippen LogP contribution in [0.5, 0.6) is 5.75 Å². The van der Waals surface area contributed by atoms with Crippen molar-refractivity contribution in [1.82, 2.24) is 10.2 Å². The summed E-state index contributed by atoms with van der Waals surface area (Å²) in [6.07, 6.45) is 0.0715. The van der Waals surface area contributed by atoms with Crippen LogP contribution < -0.4 is 15.4 Å². The summed E-state index contributed by atoms with van der Waals surface area (Å²) in [7, 11) is 1.58. The van der Waals surface area contributed by atoms with E-state index in [0.717, 1.165) is 22.3 Å². The third-order valence-electron chi connectivity index (χ3n) is 7.71. The summed E-state index contributed by atoms with van der Waals surface area (Å²) in [5, 5.41) is 5.88. The number of hydrogen-bond donors (Lipinski definition) is 2. The molecule has 2 atom stereocenters. The van der Waals surface area contributed by atoms with Gasteiger partial charge in [-0.05, 0) is 101 Å². The number of benzene rings is 3. The van der Waals surface area contributed by atoms with Crippen molar-refractivity contribution in [3.63, 3.8) is 0 Å². The van der Waals surface area contributed by atoms with Crippen molar-refractivity contribution in [1.29, 1.82) is 0 Å². The number of carbonyl (C=O) groups excluding carboxylic acids is 3. The molecular weight excluding hydrogens is 554 g/mol. The van der Waals surface area contributed by atoms with E-state index in [2.05, 4.69) is 10.6 Å². The summed E-state index contributed by atoms with van der Waals surface area (Å²) < 4.78 is 10.8. The normalized spacial score (nSPS) is 12.9. The molecule has 0 bridgehead atoms. The van der Waals surface area contributed by atoms with Gasteiger partial charge in [-0.25, -0.2) is 4.79 Å². The van der Waals surface area contributed by atoms with Gasteiger partial charge in [0.05, 0.1) is 7.11 Å². The molecule has 0 heterocycles. The number of anilines is 1. The highest BCUT2D eigenvalue weighted by Gasteiger charge is 2.44. The molecule has 3 aromatic carbocycles. The molecule has 236 valence electrons. The van der Waals surface area contributed by atoms with Crippen molar-refractivity contribution in [2.75, 3.05) is 12.4 Å². The van der Waals surface area contributed by atoms with Crippen molar-refractivity contribution >= 4 is 23.6 Å². The van der Waals surface area contributed by atoms with Gasteiger partial charge in [-0.1, -0.05) is 55.5 Å². The lowest BCUT2D eigenvalue weighted by Gasteiger charge is -2.45. The molecule has 0 saturated carbocycles. The first-order chi connectivity index (χ1) is 20.7. The Balaban J connectivity index is 2.17. The van der Waals surface area contributed by atoms with Crippen molar-refractivity contribution in [3.05, 3.63) is 95.1 Å². The second-order valence-corrected chi connectivity index (χ2v) is 12.7. The van der Waals surface area contributed by atoms with Crippen LogP contribution >= 0.6 is 0 Å². The van der Waals surface area contributed by atoms with E-state index >= 15 is 0 Å². The van der Waals surface area contributed by atoms with Crippen molar-refractivity contribution in [2.45, 2.75) is 91.5 Å². The fraction of sp³-hybridized carbons (Fsp3) is 0.417. The van der Waals surface area contributed by atoms with Gasteiger partial charge in [0.15, 0.2) is 0 Å². The van der Waals surface area contributed by atoms with Crippen LogP contribution in [0.2, 0.25) is 0 Å². The Hall–Kier alpha value is -4.33. The summed E-state index contributed by atoms with van der Waals surface area (Å²) in [5.41, 5.74) is 2.39. The van der Waals surface area contributed by atoms with Gasteiger partial charge in [-0.3, -0.25) is 9.59 Å². The topological polar surface area (TPSA) is 97.0 Å². The van der Waals surface area contributed by atoms with E-state index in [0.29, 0.717) is 17.9 Å². The van der Waals surface area contributed by atoms with Crippen LogP contribution in [0.1, 0.15) is 76.3 Å². The van der Waals surface area contributed by atoms with Gasteiger partial charge in [0.2, 0.25) is 5.91 Å². The molecule has 0 aromatic heterocycles. The van der Waals surface area contributed by atoms with Gasteiger partial charge in [0.1, 0.15) is 23.4 Å². The third kappa shape index (κ3) is 8.85. The molecule has 3 aromatic rings. The summed E-state index contributed by atoms with van der Waals surface area (Å²) in [6, 6.07) is 20.4. The number of nitrogens with zero attached hydrogens (tertiary/aromatic N) is 1. The first-order valence-corrected chi connectivity index (χ1v) is 15.0. The molecule has 2 unspecified atom stereocenters. The van der Waals surface area contributed by atoms with E-state index < -0.39 is 29.3 Å². The fourth-order valence-corrected chi connectivity index (χ4v) is 5.13. The highest BCUT2D eigenvalue weighted by Crippen LogP contribution is 2.36. The molecule has 0 aliphatic carbocycles. The van der Waals surface area contributed by atoms with Gasteiger partial charge >= 0.3 is 6.09 Å². The van der Waals surface area contributed by atoms with E-state index in [4.69, 9.17) is 9.47 Å². The second-order valence-electron chi connectivity index (χ2n) is 12.7. The monoisotopic (exact) mass is 601 g/mol. The van der Waals surface area contributed by atoms with Gasteiger partial charge in [0.25, 0.3) is 5.91 Å². The SMILES string of the molecule is CCC(C)(C)N(C(=O)C(Cc1ccccc1)NC(=O)OC(C)(C)C)C(C(=O)Nc1ccc(OC)cc1)c1c(C)cccc1C. The second kappa shape index (κ2) is 14.4. The summed E-state index contributed by atoms with van der Waals surface area (Å²) in [6.45, 7) is 15.1. The molecule has 3 amide bonds. The largest absolute Gasteiger partial charge is 0.497 e. The van der Waals surface area contributed by atoms with Crippen LogP contribution in [0.15, 0.2) is 72.8 Å². The number of ether oxygens (including phenoxy) is 2. The lowest BCUT2D eigenvalue weighted by molar-refractivity contribution is -0.147. The Labute approximate surface area is 262 Å². The maximum absolute atomic E-state index is 14.9. The molecular formula is C36H47N3O5. The van der Waals surface area contributed by atoms with Crippen LogP contribution in [0.3, 0.4) is 0 Å². The predicted molar refractivity (Wildman–Crippen MR) is 175 cm³/mol. The Bertz CT molecular complexity index is 1410. The molecule has 0 fully saturated rings. The number of nitrogens with one attached hydrogen (secondary N) is 2. The minimum Gasteiger partial charge on any atom is -0.497 e. The number of hydrogen-bond acceptors (Lipinski definition) is 5. The summed E-state index contributed by atoms with van der Waals surface area (Å²) in [4.78, 5) is 44.0. The van der Waals surface area contributed by atoms with Gasteiger partial charge in [-0.2, -0.15) is 0 Å². The maximum atomic E-state index is 14.9. The van der Waals surface area contributed by atoms with Crippen molar-refractivity contribution in [2.24, 2.45) is 0 Å². The molecule has 44 heavy (non-hydrogen) atoms. The van der Waals surface area contributed by atoms with E-state index in [-0.39, 0.29) is 18.2 Å². The molecule has 8 heteroatoms. The first-order valence-electron chi connectivity index (χ1n) is 15.0. The number of rotatable bonds is 11. The zero-order chi connectivity index (χ0) is 32.7. The minimum atomic E-state index is -1.00. The Morgan fingerprint density at radius 3 is 1.95 bits per heavy atom. The van der Waals surface area contributed by atoms with Crippen LogP contribution in [0.4, 0.5) is 10.5 Å². The molecule has 3 rings (SSSR count). The molecule has 0 saturated heterocycles. The zero-order valence-corrected chi connectivity index (χ0v) is 27.5. The van der Waals surface area contributed by atoms with Gasteiger partial charge in [-0.15, -0.1) is 0 Å². The number of alkyl carbamates (subject to hydrolysis) is 1. The number of amides is 3. The van der Waals surface area contributed by atoms with Crippen molar-refractivity contribution in [3.8, 4) is 5.75 Å². The maximum Gasteiger partial charge on any atom is 0.408 e. The van der Waals surface area contributed by atoms with Crippen LogP contribution in [-0.4, -0.2) is 47.1 Å². The average Bonchev–Trinajstić information content (AvgIpc) is 2.95. The zero-order valence-electron chi connectivity index (χ0n) is 27.5. The van der Waals surface area contributed by atoms with Gasteiger partial charge in [0, 0.05) is 17.6 Å². The Morgan fingerprint density at radius 2 is 1.43 bits per heavy atom. The fourth-order valence-electron chi connectivity index (χ4n) is 5.13. The number of carbonyl (C=O) groups is 3. The third-order valence-corrected chi connectivity index (χ3v) is 7.71. The standard InChI is InChI=1S/C36H47N3O5/c1-10-36(7,8)39(33(41)29(23-26-17-12-11-13-18-26)38-34(42)44-35(4,5)6)31(30-24(2)15-14-16-25(30)3)32(40)37-27-19-21-28(43-9)22-20-27/h11-22,29,31H,10,23H2,1-9H3,(H,37,40)(H,38,42). The summed E-state index contributed by atoms with van der Waals surface area (Å²) in [5.74, 6) is -0.0857. The molecule has 2 N–H and O–H groups in total. The van der Waals surface area contributed by atoms with Crippen LogP contribution in [-0.2, 0) is 20.7 Å². The average molecular weight is 602 g/mol. The lowest BCUT2D eigenvalue weighted by Crippen LogP contribution is -2.59. The van der Waals surface area contributed by atoms with E-state index in [1.165, 1.54) is 0 Å². The smallest absolute Gasteiger partial charge is 0.408 e. The summed E-state index contributed by atoms with van der Waals surface area (Å²) >= 11 is 0. The van der Waals surface area contributed by atoms with E-state index in [9.17, 15) is 14.4 Å².